The van der Waals surface area contributed by atoms with Crippen molar-refractivity contribution in [2.45, 2.75) is 38.9 Å². The van der Waals surface area contributed by atoms with Crippen LogP contribution in [0.3, 0.4) is 0 Å². The Labute approximate surface area is 127 Å². The maximum Gasteiger partial charge on any atom is 0.0898 e. The Balaban J connectivity index is 1.66. The van der Waals surface area contributed by atoms with Crippen molar-refractivity contribution in [3.8, 4) is 0 Å². The molecule has 0 bridgehead atoms. The van der Waals surface area contributed by atoms with Crippen molar-refractivity contribution in [3.05, 3.63) is 46.0 Å². The minimum Gasteiger partial charge on any atom is -0.308 e. The molecule has 3 aromatic rings. The molecule has 1 saturated carbocycles. The van der Waals surface area contributed by atoms with Gasteiger partial charge in [0.25, 0.3) is 0 Å². The van der Waals surface area contributed by atoms with E-state index in [1.54, 1.807) is 11.3 Å². The molecular weight excluding hydrogens is 280 g/mol. The molecule has 0 saturated heterocycles. The van der Waals surface area contributed by atoms with Gasteiger partial charge in [-0.05, 0) is 25.8 Å². The Kier molecular flexibility index (Phi) is 3.24. The number of fused-ring (bicyclic) bond motifs is 1. The van der Waals surface area contributed by atoms with Gasteiger partial charge in [0.2, 0.25) is 0 Å². The molecule has 5 heteroatoms. The zero-order valence-corrected chi connectivity index (χ0v) is 12.9. The van der Waals surface area contributed by atoms with Gasteiger partial charge in [0.15, 0.2) is 0 Å². The number of benzene rings is 1. The highest BCUT2D eigenvalue weighted by molar-refractivity contribution is 7.09. The summed E-state index contributed by atoms with van der Waals surface area (Å²) in [6.07, 6.45) is 2.60. The molecule has 0 atom stereocenters. The molecule has 0 spiro atoms. The van der Waals surface area contributed by atoms with E-state index in [1.807, 2.05) is 6.92 Å². The highest BCUT2D eigenvalue weighted by atomic mass is 32.1. The third-order valence-corrected chi connectivity index (χ3v) is 4.67. The lowest BCUT2D eigenvalue weighted by Crippen LogP contribution is -2.16. The Morgan fingerprint density at radius 2 is 2.19 bits per heavy atom. The third-order valence-electron chi connectivity index (χ3n) is 3.85. The van der Waals surface area contributed by atoms with Crippen LogP contribution >= 0.6 is 11.3 Å². The van der Waals surface area contributed by atoms with E-state index in [1.165, 1.54) is 23.7 Å². The number of rotatable bonds is 5. The minimum absolute atomic E-state index is 0.704. The van der Waals surface area contributed by atoms with Crippen molar-refractivity contribution < 1.29 is 0 Å². The molecule has 4 rings (SSSR count). The summed E-state index contributed by atoms with van der Waals surface area (Å²) in [5.74, 6) is 0. The Bertz CT molecular complexity index is 770. The average molecular weight is 298 g/mol. The van der Waals surface area contributed by atoms with Gasteiger partial charge in [0, 0.05) is 23.4 Å². The molecule has 21 heavy (non-hydrogen) atoms. The molecular formula is C16H18N4S. The molecule has 1 aromatic carbocycles. The van der Waals surface area contributed by atoms with Crippen LogP contribution in [0, 0.1) is 6.92 Å². The summed E-state index contributed by atoms with van der Waals surface area (Å²) < 4.78 is 2.08. The number of hydrogen-bond acceptors (Lipinski definition) is 4. The second-order valence-corrected chi connectivity index (χ2v) is 6.70. The van der Waals surface area contributed by atoms with Crippen LogP contribution in [0.1, 0.15) is 29.2 Å². The normalized spacial score (nSPS) is 14.9. The van der Waals surface area contributed by atoms with Crippen molar-refractivity contribution >= 4 is 22.2 Å². The highest BCUT2D eigenvalue weighted by Crippen LogP contribution is 2.23. The van der Waals surface area contributed by atoms with Gasteiger partial charge in [-0.3, -0.25) is 4.68 Å². The fraction of sp³-hybridized carbons (Fsp3) is 0.375. The van der Waals surface area contributed by atoms with Crippen LogP contribution < -0.4 is 5.32 Å². The van der Waals surface area contributed by atoms with E-state index in [0.29, 0.717) is 6.04 Å². The number of aromatic nitrogens is 3. The fourth-order valence-electron chi connectivity index (χ4n) is 2.61. The number of aryl methyl sites for hydroxylation is 1. The van der Waals surface area contributed by atoms with E-state index < -0.39 is 0 Å². The second kappa shape index (κ2) is 5.24. The van der Waals surface area contributed by atoms with Crippen LogP contribution in [-0.4, -0.2) is 20.8 Å². The maximum atomic E-state index is 4.81. The summed E-state index contributed by atoms with van der Waals surface area (Å²) in [7, 11) is 0. The standard InChI is InChI=1S/C16H18N4S/c1-11-18-13(10-21-11)9-20-16-5-3-2-4-14(16)15(19-20)8-17-12-6-7-12/h2-5,10,12,17H,6-9H2,1H3. The first-order valence-electron chi connectivity index (χ1n) is 7.38. The minimum atomic E-state index is 0.704. The van der Waals surface area contributed by atoms with Crippen molar-refractivity contribution in [1.29, 1.82) is 0 Å². The van der Waals surface area contributed by atoms with Gasteiger partial charge in [0.05, 0.1) is 28.5 Å². The van der Waals surface area contributed by atoms with Gasteiger partial charge < -0.3 is 5.32 Å². The fourth-order valence-corrected chi connectivity index (χ4v) is 3.21. The Hall–Kier alpha value is -1.72. The molecule has 2 heterocycles. The number of nitrogens with zero attached hydrogens (tertiary/aromatic N) is 3. The molecule has 2 aromatic heterocycles. The predicted octanol–water partition coefficient (Wildman–Crippen LogP) is 3.10. The SMILES string of the molecule is Cc1nc(Cn2nc(CNC3CC3)c3ccccc32)cs1. The summed E-state index contributed by atoms with van der Waals surface area (Å²) >= 11 is 1.69. The van der Waals surface area contributed by atoms with E-state index in [2.05, 4.69) is 44.6 Å². The van der Waals surface area contributed by atoms with Gasteiger partial charge in [-0.1, -0.05) is 18.2 Å². The van der Waals surface area contributed by atoms with Crippen LogP contribution in [0.4, 0.5) is 0 Å². The van der Waals surface area contributed by atoms with E-state index in [-0.39, 0.29) is 0 Å². The molecule has 1 aliphatic carbocycles. The third kappa shape index (κ3) is 2.71. The molecule has 1 fully saturated rings. The monoisotopic (exact) mass is 298 g/mol. The lowest BCUT2D eigenvalue weighted by molar-refractivity contribution is 0.636. The van der Waals surface area contributed by atoms with E-state index >= 15 is 0 Å². The molecule has 0 radical (unpaired) electrons. The number of thiazole rings is 1. The van der Waals surface area contributed by atoms with Crippen LogP contribution in [0.25, 0.3) is 10.9 Å². The van der Waals surface area contributed by atoms with E-state index in [4.69, 9.17) is 5.10 Å². The van der Waals surface area contributed by atoms with Gasteiger partial charge in [-0.2, -0.15) is 5.10 Å². The summed E-state index contributed by atoms with van der Waals surface area (Å²) in [6, 6.07) is 9.17. The number of nitrogens with one attached hydrogen (secondary N) is 1. The van der Waals surface area contributed by atoms with E-state index in [9.17, 15) is 0 Å². The Morgan fingerprint density at radius 1 is 1.33 bits per heavy atom. The molecule has 0 amide bonds. The highest BCUT2D eigenvalue weighted by Gasteiger charge is 2.21. The molecule has 1 aliphatic rings. The van der Waals surface area contributed by atoms with Crippen LogP contribution in [0.15, 0.2) is 29.6 Å². The van der Waals surface area contributed by atoms with Gasteiger partial charge >= 0.3 is 0 Å². The molecule has 0 aliphatic heterocycles. The molecule has 108 valence electrons. The largest absolute Gasteiger partial charge is 0.308 e. The summed E-state index contributed by atoms with van der Waals surface area (Å²) in [6.45, 7) is 3.64. The first-order chi connectivity index (χ1) is 10.3. The summed E-state index contributed by atoms with van der Waals surface area (Å²) in [5, 5.41) is 12.8. The van der Waals surface area contributed by atoms with Crippen LogP contribution in [0.5, 0.6) is 0 Å². The lowest BCUT2D eigenvalue weighted by atomic mass is 10.2. The van der Waals surface area contributed by atoms with Gasteiger partial charge in [0.1, 0.15) is 0 Å². The zero-order valence-electron chi connectivity index (χ0n) is 12.0. The molecule has 1 N–H and O–H groups in total. The van der Waals surface area contributed by atoms with Crippen LogP contribution in [0.2, 0.25) is 0 Å². The molecule has 0 unspecified atom stereocenters. The first-order valence-corrected chi connectivity index (χ1v) is 8.26. The van der Waals surface area contributed by atoms with Crippen molar-refractivity contribution in [2.75, 3.05) is 0 Å². The number of para-hydroxylation sites is 1. The predicted molar refractivity (Wildman–Crippen MR) is 85.5 cm³/mol. The summed E-state index contributed by atoms with van der Waals surface area (Å²) in [5.41, 5.74) is 3.42. The quantitative estimate of drug-likeness (QED) is 0.787. The average Bonchev–Trinajstić information content (AvgIpc) is 3.15. The smallest absolute Gasteiger partial charge is 0.0898 e. The lowest BCUT2D eigenvalue weighted by Gasteiger charge is -2.00. The van der Waals surface area contributed by atoms with Crippen molar-refractivity contribution in [3.63, 3.8) is 0 Å². The number of hydrogen-bond donors (Lipinski definition) is 1. The Morgan fingerprint density at radius 3 is 2.95 bits per heavy atom. The topological polar surface area (TPSA) is 42.7 Å². The van der Waals surface area contributed by atoms with Gasteiger partial charge in [-0.15, -0.1) is 11.3 Å². The van der Waals surface area contributed by atoms with Gasteiger partial charge in [-0.25, -0.2) is 4.98 Å². The maximum absolute atomic E-state index is 4.81. The van der Waals surface area contributed by atoms with Crippen LogP contribution in [-0.2, 0) is 13.1 Å². The van der Waals surface area contributed by atoms with Crippen molar-refractivity contribution in [2.24, 2.45) is 0 Å². The first kappa shape index (κ1) is 13.0. The zero-order chi connectivity index (χ0) is 14.2. The molecule has 4 nitrogen and oxygen atoms in total. The van der Waals surface area contributed by atoms with E-state index in [0.717, 1.165) is 29.5 Å². The second-order valence-electron chi connectivity index (χ2n) is 5.63. The van der Waals surface area contributed by atoms with Crippen molar-refractivity contribution in [1.82, 2.24) is 20.1 Å². The summed E-state index contributed by atoms with van der Waals surface area (Å²) in [4.78, 5) is 4.55.